The summed E-state index contributed by atoms with van der Waals surface area (Å²) in [5, 5.41) is 13.5. The second kappa shape index (κ2) is 9.76. The number of nitrogens with two attached hydrogens (primary N) is 1. The van der Waals surface area contributed by atoms with E-state index in [9.17, 15) is 32.3 Å². The van der Waals surface area contributed by atoms with Crippen molar-refractivity contribution in [3.8, 4) is 17.0 Å². The number of aliphatic hydroxyl groups is 1. The number of hydrogen-bond acceptors (Lipinski definition) is 6. The molecule has 1 fully saturated rings. The van der Waals surface area contributed by atoms with E-state index in [1.807, 2.05) is 0 Å². The number of hydrogen-bond donors (Lipinski definition) is 3. The number of nitrogens with zero attached hydrogens (tertiary/aromatic N) is 2. The summed E-state index contributed by atoms with van der Waals surface area (Å²) >= 11 is 12.4. The standard InChI is InChI=1S/C29H20Cl2F4N4O4/c1-12-5-13-6-14(7-17(30)22(13)37-10-12)25(40)38-11-28(42,29(33,34)35)19-8-16-24(43-20-9-27(16,20)26(36)41)23(39-19)15-3-2-4-18(32)21(15)31/h2-8,10,20,42H,9,11H2,1H3,(H2,36,41)(H,38,40)/t20?,27-,28?/m1/s1. The number of benzene rings is 2. The van der Waals surface area contributed by atoms with Gasteiger partial charge in [-0.15, -0.1) is 0 Å². The maximum absolute atomic E-state index is 14.7. The molecule has 1 saturated carbocycles. The van der Waals surface area contributed by atoms with E-state index in [1.54, 1.807) is 19.2 Å². The number of ether oxygens (including phenoxy) is 1. The molecular formula is C29H20Cl2F4N4O4. The summed E-state index contributed by atoms with van der Waals surface area (Å²) < 4.78 is 64.2. The molecule has 14 heteroatoms. The van der Waals surface area contributed by atoms with Gasteiger partial charge in [0.1, 0.15) is 23.0 Å². The molecule has 3 atom stereocenters. The van der Waals surface area contributed by atoms with Gasteiger partial charge >= 0.3 is 6.18 Å². The molecule has 0 saturated heterocycles. The van der Waals surface area contributed by atoms with Gasteiger partial charge in [0.25, 0.3) is 5.91 Å². The van der Waals surface area contributed by atoms with Gasteiger partial charge in [0.2, 0.25) is 11.5 Å². The van der Waals surface area contributed by atoms with E-state index in [1.165, 1.54) is 24.3 Å². The summed E-state index contributed by atoms with van der Waals surface area (Å²) in [6.07, 6.45) is -4.51. The van der Waals surface area contributed by atoms with Crippen LogP contribution in [0.25, 0.3) is 22.2 Å². The lowest BCUT2D eigenvalue weighted by Gasteiger charge is -2.31. The first-order valence-corrected chi connectivity index (χ1v) is 13.5. The lowest BCUT2D eigenvalue weighted by atomic mass is 9.89. The maximum Gasteiger partial charge on any atom is 0.424 e. The summed E-state index contributed by atoms with van der Waals surface area (Å²) in [6, 6.07) is 8.83. The highest BCUT2D eigenvalue weighted by Gasteiger charge is 2.69. The first-order chi connectivity index (χ1) is 20.2. The van der Waals surface area contributed by atoms with Gasteiger partial charge in [0.15, 0.2) is 5.75 Å². The summed E-state index contributed by atoms with van der Waals surface area (Å²) in [6.45, 7) is 0.385. The van der Waals surface area contributed by atoms with Gasteiger partial charge < -0.3 is 20.9 Å². The SMILES string of the molecule is Cc1cnc2c(Cl)cc(C(=O)NCC(O)(c3cc4c(c(-c5cccc(F)c5Cl)n3)OC3C[C@@]43C(N)=O)C(F)(F)F)cc2c1. The molecule has 222 valence electrons. The van der Waals surface area contributed by atoms with Crippen LogP contribution in [-0.2, 0) is 15.8 Å². The molecule has 0 bridgehead atoms. The van der Waals surface area contributed by atoms with Crippen LogP contribution in [0.1, 0.15) is 33.6 Å². The zero-order valence-electron chi connectivity index (χ0n) is 22.0. The van der Waals surface area contributed by atoms with E-state index in [-0.39, 0.29) is 39.6 Å². The third-order valence-corrected chi connectivity index (χ3v) is 8.46. The van der Waals surface area contributed by atoms with Gasteiger partial charge in [0, 0.05) is 34.7 Å². The van der Waals surface area contributed by atoms with Crippen molar-refractivity contribution >= 4 is 45.9 Å². The average Bonchev–Trinajstić information content (AvgIpc) is 3.58. The monoisotopic (exact) mass is 634 g/mol. The highest BCUT2D eigenvalue weighted by Crippen LogP contribution is 2.61. The second-order valence-electron chi connectivity index (χ2n) is 10.6. The molecule has 2 amide bonds. The molecule has 43 heavy (non-hydrogen) atoms. The Morgan fingerprint density at radius 2 is 1.95 bits per heavy atom. The number of pyridine rings is 2. The number of aromatic nitrogens is 2. The number of carbonyl (C=O) groups excluding carboxylic acids is 2. The Morgan fingerprint density at radius 1 is 1.21 bits per heavy atom. The normalized spacial score (nSPS) is 20.1. The molecule has 3 heterocycles. The van der Waals surface area contributed by atoms with Crippen LogP contribution < -0.4 is 15.8 Å². The topological polar surface area (TPSA) is 127 Å². The van der Waals surface area contributed by atoms with Crippen LogP contribution in [0.4, 0.5) is 17.6 Å². The van der Waals surface area contributed by atoms with Crippen LogP contribution in [0.5, 0.6) is 5.75 Å². The zero-order valence-corrected chi connectivity index (χ0v) is 23.5. The number of halogens is 6. The molecule has 2 aromatic carbocycles. The smallest absolute Gasteiger partial charge is 0.424 e. The molecule has 6 rings (SSSR count). The number of rotatable bonds is 6. The summed E-state index contributed by atoms with van der Waals surface area (Å²) in [4.78, 5) is 33.7. The van der Waals surface area contributed by atoms with E-state index in [2.05, 4.69) is 15.3 Å². The van der Waals surface area contributed by atoms with Crippen LogP contribution in [0.2, 0.25) is 10.0 Å². The summed E-state index contributed by atoms with van der Waals surface area (Å²) in [5.41, 5.74) is -0.0524. The molecule has 2 aliphatic rings. The van der Waals surface area contributed by atoms with E-state index >= 15 is 0 Å². The highest BCUT2D eigenvalue weighted by atomic mass is 35.5. The Kier molecular flexibility index (Phi) is 6.60. The van der Waals surface area contributed by atoms with Crippen LogP contribution in [-0.4, -0.2) is 45.7 Å². The van der Waals surface area contributed by atoms with Crippen molar-refractivity contribution in [2.24, 2.45) is 5.73 Å². The fourth-order valence-electron chi connectivity index (χ4n) is 5.35. The van der Waals surface area contributed by atoms with E-state index < -0.39 is 58.2 Å². The third-order valence-electron chi connectivity index (χ3n) is 7.79. The fraction of sp³-hybridized carbons (Fsp3) is 0.241. The van der Waals surface area contributed by atoms with Crippen molar-refractivity contribution in [1.29, 1.82) is 0 Å². The second-order valence-corrected chi connectivity index (χ2v) is 11.3. The highest BCUT2D eigenvalue weighted by molar-refractivity contribution is 6.35. The molecule has 1 aliphatic heterocycles. The van der Waals surface area contributed by atoms with Gasteiger partial charge in [-0.25, -0.2) is 9.37 Å². The van der Waals surface area contributed by atoms with E-state index in [4.69, 9.17) is 33.7 Å². The number of fused-ring (bicyclic) bond motifs is 4. The van der Waals surface area contributed by atoms with Gasteiger partial charge in [-0.3, -0.25) is 14.6 Å². The zero-order chi connectivity index (χ0) is 31.1. The first kappa shape index (κ1) is 29.1. The van der Waals surface area contributed by atoms with Crippen LogP contribution in [0.3, 0.4) is 0 Å². The Bertz CT molecular complexity index is 1870. The minimum absolute atomic E-state index is 0.0523. The van der Waals surface area contributed by atoms with Gasteiger partial charge in [-0.1, -0.05) is 35.3 Å². The average molecular weight is 635 g/mol. The predicted molar refractivity (Wildman–Crippen MR) is 148 cm³/mol. The molecule has 0 radical (unpaired) electrons. The van der Waals surface area contributed by atoms with Crippen LogP contribution in [0.15, 0.2) is 48.7 Å². The number of amides is 2. The lowest BCUT2D eigenvalue weighted by molar-refractivity contribution is -0.265. The van der Waals surface area contributed by atoms with Gasteiger partial charge in [-0.05, 0) is 42.8 Å². The molecule has 8 nitrogen and oxygen atoms in total. The summed E-state index contributed by atoms with van der Waals surface area (Å²) in [7, 11) is 0. The molecule has 4 N–H and O–H groups in total. The van der Waals surface area contributed by atoms with Gasteiger partial charge in [0.05, 0.1) is 27.8 Å². The van der Waals surface area contributed by atoms with Crippen molar-refractivity contribution < 1.29 is 37.0 Å². The van der Waals surface area contributed by atoms with Crippen molar-refractivity contribution in [2.75, 3.05) is 6.54 Å². The Morgan fingerprint density at radius 3 is 2.65 bits per heavy atom. The largest absolute Gasteiger partial charge is 0.486 e. The quantitative estimate of drug-likeness (QED) is 0.253. The van der Waals surface area contributed by atoms with Gasteiger partial charge in [-0.2, -0.15) is 13.2 Å². The lowest BCUT2D eigenvalue weighted by Crippen LogP contribution is -2.51. The Hall–Kier alpha value is -4.00. The number of nitrogens with one attached hydrogen (secondary N) is 1. The third kappa shape index (κ3) is 4.47. The maximum atomic E-state index is 14.7. The number of carbonyl (C=O) groups is 2. The van der Waals surface area contributed by atoms with Crippen LogP contribution in [0, 0.1) is 12.7 Å². The van der Waals surface area contributed by atoms with E-state index in [0.717, 1.165) is 17.7 Å². The van der Waals surface area contributed by atoms with E-state index in [0.29, 0.717) is 10.9 Å². The van der Waals surface area contributed by atoms with Crippen molar-refractivity contribution in [3.05, 3.63) is 86.9 Å². The molecule has 2 unspecified atom stereocenters. The molecule has 0 spiro atoms. The number of alkyl halides is 3. The molecule has 4 aromatic rings. The first-order valence-electron chi connectivity index (χ1n) is 12.8. The predicted octanol–water partition coefficient (Wildman–Crippen LogP) is 5.12. The number of aryl methyl sites for hydroxylation is 1. The van der Waals surface area contributed by atoms with Crippen molar-refractivity contribution in [1.82, 2.24) is 15.3 Å². The molecular weight excluding hydrogens is 615 g/mol. The molecule has 1 aliphatic carbocycles. The van der Waals surface area contributed by atoms with Crippen molar-refractivity contribution in [3.63, 3.8) is 0 Å². The Balaban J connectivity index is 1.44. The summed E-state index contributed by atoms with van der Waals surface area (Å²) in [5.74, 6) is -2.81. The number of primary amides is 1. The molecule has 2 aromatic heterocycles. The Labute approximate surface area is 250 Å². The minimum atomic E-state index is -5.39. The van der Waals surface area contributed by atoms with Crippen molar-refractivity contribution in [2.45, 2.75) is 36.6 Å². The fourth-order valence-corrected chi connectivity index (χ4v) is 5.84. The van der Waals surface area contributed by atoms with Crippen LogP contribution >= 0.6 is 23.2 Å². The minimum Gasteiger partial charge on any atom is -0.486 e.